The van der Waals surface area contributed by atoms with Gasteiger partial charge in [-0.3, -0.25) is 4.79 Å². The largest absolute Gasteiger partial charge is 0.466 e. The van der Waals surface area contributed by atoms with Crippen LogP contribution in [0, 0.1) is 11.8 Å². The van der Waals surface area contributed by atoms with Crippen LogP contribution in [0.25, 0.3) is 0 Å². The van der Waals surface area contributed by atoms with Crippen LogP contribution in [0.3, 0.4) is 0 Å². The van der Waals surface area contributed by atoms with Gasteiger partial charge in [0, 0.05) is 16.9 Å². The monoisotopic (exact) mass is 422 g/mol. The van der Waals surface area contributed by atoms with Crippen molar-refractivity contribution in [2.75, 3.05) is 6.61 Å². The number of hydrogen-bond acceptors (Lipinski definition) is 3. The highest BCUT2D eigenvalue weighted by molar-refractivity contribution is 7.12. The van der Waals surface area contributed by atoms with E-state index in [4.69, 9.17) is 4.74 Å². The van der Waals surface area contributed by atoms with Crippen molar-refractivity contribution in [2.24, 2.45) is 0 Å². The van der Waals surface area contributed by atoms with Crippen LogP contribution in [-0.2, 0) is 26.8 Å². The number of thiophene rings is 1. The Morgan fingerprint density at radius 2 is 1.73 bits per heavy atom. The van der Waals surface area contributed by atoms with Gasteiger partial charge < -0.3 is 4.74 Å². The molecule has 0 amide bonds. The summed E-state index contributed by atoms with van der Waals surface area (Å²) < 4.78 is 4.98. The van der Waals surface area contributed by atoms with E-state index < -0.39 is 0 Å². The molecule has 0 spiro atoms. The molecule has 0 atom stereocenters. The Hall–Kier alpha value is -2.05. The second-order valence-corrected chi connectivity index (χ2v) is 10.7. The maximum absolute atomic E-state index is 11.4. The topological polar surface area (TPSA) is 26.3 Å². The smallest absolute Gasteiger partial charge is 0.305 e. The molecular weight excluding hydrogens is 388 g/mol. The summed E-state index contributed by atoms with van der Waals surface area (Å²) in [6, 6.07) is 11.1. The zero-order valence-corrected chi connectivity index (χ0v) is 19.9. The number of carbonyl (C=O) groups is 1. The number of fused-ring (bicyclic) bond motifs is 1. The molecule has 3 heteroatoms. The van der Waals surface area contributed by atoms with Gasteiger partial charge in [-0.05, 0) is 85.3 Å². The summed E-state index contributed by atoms with van der Waals surface area (Å²) >= 11 is 1.76. The quantitative estimate of drug-likeness (QED) is 0.292. The fourth-order valence-electron chi connectivity index (χ4n) is 4.18. The summed E-state index contributed by atoms with van der Waals surface area (Å²) in [6.07, 6.45) is 5.83. The van der Waals surface area contributed by atoms with Crippen LogP contribution in [0.15, 0.2) is 30.3 Å². The van der Waals surface area contributed by atoms with Crippen LogP contribution in [-0.4, -0.2) is 12.6 Å². The lowest BCUT2D eigenvalue weighted by atomic mass is 9.63. The van der Waals surface area contributed by atoms with Gasteiger partial charge >= 0.3 is 5.97 Å². The van der Waals surface area contributed by atoms with Crippen LogP contribution < -0.4 is 0 Å². The third-order valence-electron chi connectivity index (χ3n) is 6.20. The van der Waals surface area contributed by atoms with Gasteiger partial charge in [-0.15, -0.1) is 11.3 Å². The van der Waals surface area contributed by atoms with Crippen molar-refractivity contribution >= 4 is 17.3 Å². The van der Waals surface area contributed by atoms with Crippen molar-refractivity contribution < 1.29 is 9.53 Å². The molecule has 1 aromatic heterocycles. The third-order valence-corrected chi connectivity index (χ3v) is 7.26. The average Bonchev–Trinajstić information content (AvgIpc) is 3.15. The second-order valence-electron chi connectivity index (χ2n) is 9.56. The van der Waals surface area contributed by atoms with Crippen LogP contribution in [0.1, 0.15) is 93.2 Å². The summed E-state index contributed by atoms with van der Waals surface area (Å²) in [5.74, 6) is 6.65. The Bertz CT molecular complexity index is 953. The van der Waals surface area contributed by atoms with Gasteiger partial charge in [0.25, 0.3) is 0 Å². The van der Waals surface area contributed by atoms with Crippen molar-refractivity contribution in [1.29, 1.82) is 0 Å². The Labute approximate surface area is 186 Å². The van der Waals surface area contributed by atoms with Gasteiger partial charge in [0.2, 0.25) is 0 Å². The van der Waals surface area contributed by atoms with Crippen LogP contribution in [0.5, 0.6) is 0 Å². The van der Waals surface area contributed by atoms with E-state index in [1.165, 1.54) is 28.8 Å². The molecule has 0 fully saturated rings. The second kappa shape index (κ2) is 9.40. The number of carbonyl (C=O) groups excluding carboxylic acids is 1. The number of rotatable bonds is 6. The number of esters is 1. The van der Waals surface area contributed by atoms with Gasteiger partial charge in [0.05, 0.1) is 11.5 Å². The maximum atomic E-state index is 11.4. The minimum absolute atomic E-state index is 0.0909. The fourth-order valence-corrected chi connectivity index (χ4v) is 5.08. The fraction of sp³-hybridized carbons (Fsp3) is 0.519. The van der Waals surface area contributed by atoms with Crippen molar-refractivity contribution in [1.82, 2.24) is 0 Å². The normalized spacial score (nSPS) is 16.3. The van der Waals surface area contributed by atoms with Crippen molar-refractivity contribution in [3.63, 3.8) is 0 Å². The number of aryl methyl sites for hydroxylation is 1. The molecule has 0 saturated heterocycles. The molecule has 2 nitrogen and oxygen atoms in total. The lowest BCUT2D eigenvalue weighted by molar-refractivity contribution is -0.143. The summed E-state index contributed by atoms with van der Waals surface area (Å²) in [7, 11) is 0. The highest BCUT2D eigenvalue weighted by Crippen LogP contribution is 2.45. The predicted molar refractivity (Wildman–Crippen MR) is 126 cm³/mol. The summed E-state index contributed by atoms with van der Waals surface area (Å²) in [4.78, 5) is 13.8. The number of ether oxygens (including phenoxy) is 1. The van der Waals surface area contributed by atoms with Crippen molar-refractivity contribution in [2.45, 2.75) is 84.0 Å². The first-order valence-corrected chi connectivity index (χ1v) is 11.9. The molecule has 3 rings (SSSR count). The van der Waals surface area contributed by atoms with E-state index in [-0.39, 0.29) is 16.8 Å². The van der Waals surface area contributed by atoms with E-state index in [1.54, 1.807) is 11.3 Å². The van der Waals surface area contributed by atoms with E-state index >= 15 is 0 Å². The van der Waals surface area contributed by atoms with E-state index in [0.717, 1.165) is 29.7 Å². The molecule has 0 radical (unpaired) electrons. The van der Waals surface area contributed by atoms with Crippen molar-refractivity contribution in [3.05, 3.63) is 56.8 Å². The van der Waals surface area contributed by atoms with Crippen LogP contribution in [0.4, 0.5) is 0 Å². The maximum Gasteiger partial charge on any atom is 0.305 e. The van der Waals surface area contributed by atoms with Gasteiger partial charge in [-0.25, -0.2) is 0 Å². The Morgan fingerprint density at radius 3 is 2.47 bits per heavy atom. The van der Waals surface area contributed by atoms with Gasteiger partial charge in [-0.1, -0.05) is 45.6 Å². The molecule has 0 unspecified atom stereocenters. The van der Waals surface area contributed by atoms with Gasteiger partial charge in [-0.2, -0.15) is 0 Å². The van der Waals surface area contributed by atoms with E-state index in [0.29, 0.717) is 13.0 Å². The molecule has 0 bridgehead atoms. The van der Waals surface area contributed by atoms with E-state index in [1.807, 2.05) is 6.92 Å². The molecule has 0 N–H and O–H groups in total. The van der Waals surface area contributed by atoms with Crippen LogP contribution >= 0.6 is 11.3 Å². The van der Waals surface area contributed by atoms with Gasteiger partial charge in [0.1, 0.15) is 0 Å². The van der Waals surface area contributed by atoms with Gasteiger partial charge in [0.15, 0.2) is 0 Å². The van der Waals surface area contributed by atoms with E-state index in [9.17, 15) is 4.79 Å². The highest BCUT2D eigenvalue weighted by Gasteiger charge is 2.36. The Kier molecular flexibility index (Phi) is 7.09. The van der Waals surface area contributed by atoms with Crippen molar-refractivity contribution in [3.8, 4) is 11.8 Å². The van der Waals surface area contributed by atoms with E-state index in [2.05, 4.69) is 69.9 Å². The predicted octanol–water partition coefficient (Wildman–Crippen LogP) is 6.77. The minimum atomic E-state index is -0.0909. The summed E-state index contributed by atoms with van der Waals surface area (Å²) in [5.41, 5.74) is 4.49. The molecule has 1 aliphatic rings. The SMILES string of the molecule is CCOC(=O)CCCCc1ccc(C#Cc2ccc3c(c2)C(C)(C)CCC3(C)C)s1. The highest BCUT2D eigenvalue weighted by atomic mass is 32.1. The molecule has 0 aliphatic heterocycles. The zero-order chi connectivity index (χ0) is 21.8. The first-order chi connectivity index (χ1) is 14.2. The summed E-state index contributed by atoms with van der Waals surface area (Å²) in [5, 5.41) is 0. The molecule has 2 aromatic rings. The Morgan fingerprint density at radius 1 is 1.00 bits per heavy atom. The van der Waals surface area contributed by atoms with Crippen LogP contribution in [0.2, 0.25) is 0 Å². The molecular formula is C27H34O2S. The molecule has 160 valence electrons. The molecule has 1 aromatic carbocycles. The minimum Gasteiger partial charge on any atom is -0.466 e. The molecule has 1 aliphatic carbocycles. The zero-order valence-electron chi connectivity index (χ0n) is 19.1. The number of benzene rings is 1. The number of unbranched alkanes of at least 4 members (excludes halogenated alkanes) is 1. The Balaban J connectivity index is 1.64. The standard InChI is InChI=1S/C27H34O2S/c1-6-29-25(28)10-8-7-9-21-14-15-22(30-21)13-11-20-12-16-23-24(19-20)27(4,5)18-17-26(23,2)3/h12,14-16,19H,6-10,17-18H2,1-5H3. The summed E-state index contributed by atoms with van der Waals surface area (Å²) in [6.45, 7) is 11.7. The lowest BCUT2D eigenvalue weighted by Crippen LogP contribution is -2.33. The average molecular weight is 423 g/mol. The first kappa shape index (κ1) is 22.6. The lowest BCUT2D eigenvalue weighted by Gasteiger charge is -2.41. The molecule has 30 heavy (non-hydrogen) atoms. The molecule has 0 saturated carbocycles. The molecule has 1 heterocycles. The third kappa shape index (κ3) is 5.55. The number of hydrogen-bond donors (Lipinski definition) is 0. The first-order valence-electron chi connectivity index (χ1n) is 11.1.